The summed E-state index contributed by atoms with van der Waals surface area (Å²) in [6, 6.07) is 3.59. The van der Waals surface area contributed by atoms with Gasteiger partial charge in [0.2, 0.25) is 0 Å². The van der Waals surface area contributed by atoms with Gasteiger partial charge >= 0.3 is 0 Å². The quantitative estimate of drug-likeness (QED) is 0.698. The number of rotatable bonds is 4. The van der Waals surface area contributed by atoms with Crippen molar-refractivity contribution in [1.82, 2.24) is 0 Å². The van der Waals surface area contributed by atoms with Gasteiger partial charge in [-0.2, -0.15) is 0 Å². The van der Waals surface area contributed by atoms with E-state index >= 15 is 0 Å². The fraction of sp³-hybridized carbons (Fsp3) is 0.385. The Bertz CT molecular complexity index is 342. The normalized spacial score (nSPS) is 10.4. The van der Waals surface area contributed by atoms with Crippen LogP contribution in [-0.4, -0.2) is 0 Å². The van der Waals surface area contributed by atoms with Crippen LogP contribution in [0.3, 0.4) is 0 Å². The Morgan fingerprint density at radius 3 is 1.93 bits per heavy atom. The van der Waals surface area contributed by atoms with E-state index in [-0.39, 0.29) is 0 Å². The summed E-state index contributed by atoms with van der Waals surface area (Å²) < 4.78 is 25.6. The van der Waals surface area contributed by atoms with Gasteiger partial charge in [0, 0.05) is 0 Å². The highest BCUT2D eigenvalue weighted by Crippen LogP contribution is 2.26. The number of alkyl halides is 2. The van der Waals surface area contributed by atoms with Crippen LogP contribution in [0.1, 0.15) is 36.1 Å². The van der Waals surface area contributed by atoms with Gasteiger partial charge in [0.25, 0.3) is 0 Å². The summed E-state index contributed by atoms with van der Waals surface area (Å²) in [6.45, 7) is 6.38. The van der Waals surface area contributed by atoms with Crippen LogP contribution >= 0.6 is 0 Å². The first-order valence-corrected chi connectivity index (χ1v) is 5.06. The lowest BCUT2D eigenvalue weighted by Gasteiger charge is -2.13. The van der Waals surface area contributed by atoms with Crippen molar-refractivity contribution in [1.29, 1.82) is 0 Å². The zero-order chi connectivity index (χ0) is 11.4. The molecule has 0 aromatic heterocycles. The zero-order valence-corrected chi connectivity index (χ0v) is 9.24. The molecular weight excluding hydrogens is 194 g/mol. The SMILES string of the molecule is C=C(C)c1c(CF)cc(CC)cc1CF. The molecule has 0 N–H and O–H groups in total. The van der Waals surface area contributed by atoms with E-state index in [4.69, 9.17) is 0 Å². The molecule has 0 aliphatic rings. The molecule has 1 rings (SSSR count). The first kappa shape index (κ1) is 11.9. The summed E-state index contributed by atoms with van der Waals surface area (Å²) in [5.41, 5.74) is 3.44. The van der Waals surface area contributed by atoms with Gasteiger partial charge in [-0.05, 0) is 35.6 Å². The minimum atomic E-state index is -0.566. The van der Waals surface area contributed by atoms with Crippen LogP contribution in [0.25, 0.3) is 5.57 Å². The molecule has 2 heteroatoms. The van der Waals surface area contributed by atoms with Gasteiger partial charge in [-0.25, -0.2) is 8.78 Å². The van der Waals surface area contributed by atoms with E-state index in [2.05, 4.69) is 6.58 Å². The molecule has 0 saturated carbocycles. The summed E-state index contributed by atoms with van der Waals surface area (Å²) in [4.78, 5) is 0. The van der Waals surface area contributed by atoms with Gasteiger partial charge in [0.05, 0.1) is 0 Å². The van der Waals surface area contributed by atoms with Gasteiger partial charge in [-0.3, -0.25) is 0 Å². The maximum Gasteiger partial charge on any atom is 0.115 e. The zero-order valence-electron chi connectivity index (χ0n) is 9.24. The average molecular weight is 210 g/mol. The summed E-state index contributed by atoms with van der Waals surface area (Å²) in [5.74, 6) is 0. The number of hydrogen-bond donors (Lipinski definition) is 0. The first-order chi connectivity index (χ1) is 7.13. The van der Waals surface area contributed by atoms with Crippen molar-refractivity contribution >= 4 is 5.57 Å². The van der Waals surface area contributed by atoms with Gasteiger partial charge < -0.3 is 0 Å². The van der Waals surface area contributed by atoms with E-state index < -0.39 is 13.3 Å². The van der Waals surface area contributed by atoms with Crippen molar-refractivity contribution in [3.63, 3.8) is 0 Å². The van der Waals surface area contributed by atoms with Crippen LogP contribution in [0.15, 0.2) is 18.7 Å². The molecule has 0 amide bonds. The Morgan fingerprint density at radius 1 is 1.20 bits per heavy atom. The van der Waals surface area contributed by atoms with E-state index in [1.807, 2.05) is 6.92 Å². The van der Waals surface area contributed by atoms with Crippen molar-refractivity contribution in [2.45, 2.75) is 33.6 Å². The molecule has 82 valence electrons. The number of aryl methyl sites for hydroxylation is 1. The highest BCUT2D eigenvalue weighted by atomic mass is 19.1. The summed E-state index contributed by atoms with van der Waals surface area (Å²) >= 11 is 0. The summed E-state index contributed by atoms with van der Waals surface area (Å²) in [6.07, 6.45) is 0.788. The standard InChI is InChI=1S/C13H16F2/c1-4-10-5-11(7-14)13(9(2)3)12(6-10)8-15/h5-6H,2,4,7-8H2,1,3H3. The third-order valence-corrected chi connectivity index (χ3v) is 2.48. The van der Waals surface area contributed by atoms with E-state index in [1.54, 1.807) is 19.1 Å². The third-order valence-electron chi connectivity index (χ3n) is 2.48. The Balaban J connectivity index is 3.39. The second kappa shape index (κ2) is 5.06. The van der Waals surface area contributed by atoms with Gasteiger partial charge in [-0.1, -0.05) is 31.2 Å². The van der Waals surface area contributed by atoms with E-state index in [1.165, 1.54) is 0 Å². The monoisotopic (exact) mass is 210 g/mol. The highest BCUT2D eigenvalue weighted by molar-refractivity contribution is 5.68. The van der Waals surface area contributed by atoms with Crippen molar-refractivity contribution in [3.05, 3.63) is 41.0 Å². The Hall–Kier alpha value is -1.18. The number of allylic oxidation sites excluding steroid dienone is 1. The smallest absolute Gasteiger partial charge is 0.115 e. The van der Waals surface area contributed by atoms with E-state index in [0.717, 1.165) is 17.6 Å². The average Bonchev–Trinajstić information content (AvgIpc) is 2.26. The minimum absolute atomic E-state index is 0.550. The van der Waals surface area contributed by atoms with Crippen molar-refractivity contribution in [3.8, 4) is 0 Å². The second-order valence-corrected chi connectivity index (χ2v) is 3.69. The lowest BCUT2D eigenvalue weighted by atomic mass is 9.93. The van der Waals surface area contributed by atoms with Crippen LogP contribution in [0, 0.1) is 0 Å². The molecule has 1 aromatic rings. The largest absolute Gasteiger partial charge is 0.246 e. The molecule has 0 saturated heterocycles. The van der Waals surface area contributed by atoms with Gasteiger partial charge in [-0.15, -0.1) is 0 Å². The lowest BCUT2D eigenvalue weighted by molar-refractivity contribution is 0.473. The molecule has 0 heterocycles. The number of halogens is 2. The maximum atomic E-state index is 12.8. The molecule has 0 aliphatic heterocycles. The molecular formula is C13H16F2. The predicted octanol–water partition coefficient (Wildman–Crippen LogP) is 4.22. The third kappa shape index (κ3) is 2.44. The first-order valence-electron chi connectivity index (χ1n) is 5.06. The molecule has 0 fully saturated rings. The van der Waals surface area contributed by atoms with Crippen LogP contribution in [0.5, 0.6) is 0 Å². The summed E-state index contributed by atoms with van der Waals surface area (Å²) in [5, 5.41) is 0. The minimum Gasteiger partial charge on any atom is -0.246 e. The fourth-order valence-electron chi connectivity index (χ4n) is 1.80. The van der Waals surface area contributed by atoms with E-state index in [0.29, 0.717) is 16.7 Å². The molecule has 0 spiro atoms. The van der Waals surface area contributed by atoms with Gasteiger partial charge in [0.1, 0.15) is 13.3 Å². The maximum absolute atomic E-state index is 12.8. The molecule has 0 nitrogen and oxygen atoms in total. The molecule has 0 radical (unpaired) electrons. The molecule has 0 unspecified atom stereocenters. The Kier molecular flexibility index (Phi) is 4.01. The van der Waals surface area contributed by atoms with E-state index in [9.17, 15) is 8.78 Å². The second-order valence-electron chi connectivity index (χ2n) is 3.69. The van der Waals surface area contributed by atoms with Crippen molar-refractivity contribution in [2.24, 2.45) is 0 Å². The number of hydrogen-bond acceptors (Lipinski definition) is 0. The molecule has 0 bridgehead atoms. The fourth-order valence-corrected chi connectivity index (χ4v) is 1.80. The predicted molar refractivity (Wildman–Crippen MR) is 60.2 cm³/mol. The molecule has 1 aromatic carbocycles. The highest BCUT2D eigenvalue weighted by Gasteiger charge is 2.10. The molecule has 0 atom stereocenters. The Labute approximate surface area is 89.6 Å². The molecule has 15 heavy (non-hydrogen) atoms. The topological polar surface area (TPSA) is 0 Å². The lowest BCUT2D eigenvalue weighted by Crippen LogP contribution is -1.98. The van der Waals surface area contributed by atoms with Crippen LogP contribution < -0.4 is 0 Å². The molecule has 0 aliphatic carbocycles. The van der Waals surface area contributed by atoms with Crippen molar-refractivity contribution < 1.29 is 8.78 Å². The van der Waals surface area contributed by atoms with Gasteiger partial charge in [0.15, 0.2) is 0 Å². The van der Waals surface area contributed by atoms with Crippen LogP contribution in [0.2, 0.25) is 0 Å². The van der Waals surface area contributed by atoms with Crippen molar-refractivity contribution in [2.75, 3.05) is 0 Å². The van der Waals surface area contributed by atoms with Crippen LogP contribution in [0.4, 0.5) is 8.78 Å². The Morgan fingerprint density at radius 2 is 1.67 bits per heavy atom. The van der Waals surface area contributed by atoms with Crippen LogP contribution in [-0.2, 0) is 19.8 Å². The summed E-state index contributed by atoms with van der Waals surface area (Å²) in [7, 11) is 0. The number of benzene rings is 1.